The zero-order valence-electron chi connectivity index (χ0n) is 3.74. The summed E-state index contributed by atoms with van der Waals surface area (Å²) >= 11 is 2.25. The molecule has 0 rings (SSSR count). The number of nitro groups is 1. The molecule has 5 nitrogen and oxygen atoms in total. The second kappa shape index (κ2) is 2.38. The first-order valence-corrected chi connectivity index (χ1v) is 2.46. The first-order valence-electron chi connectivity index (χ1n) is 1.67. The zero-order valence-corrected chi connectivity index (χ0v) is 5.33. The topological polar surface area (TPSA) is 83.6 Å². The van der Waals surface area contributed by atoms with Crippen molar-refractivity contribution in [2.24, 2.45) is 0 Å². The molecule has 6 heteroatoms. The highest BCUT2D eigenvalue weighted by Crippen LogP contribution is 2.11. The standard InChI is InChI=1S/C2H4BrNO4/c3-2(6,1-5)4(7)8/h5-6H,1H2. The van der Waals surface area contributed by atoms with Crippen molar-refractivity contribution < 1.29 is 15.1 Å². The Morgan fingerprint density at radius 1 is 1.88 bits per heavy atom. The summed E-state index contributed by atoms with van der Waals surface area (Å²) in [7, 11) is 0. The summed E-state index contributed by atoms with van der Waals surface area (Å²) < 4.78 is -2.37. The summed E-state index contributed by atoms with van der Waals surface area (Å²) in [6, 6.07) is 0. The smallest absolute Gasteiger partial charge is 0.385 e. The third-order valence-corrected chi connectivity index (χ3v) is 1.02. The fourth-order valence-corrected chi connectivity index (χ4v) is 0.0577. The minimum Gasteiger partial charge on any atom is -0.385 e. The Hall–Kier alpha value is -0.200. The molecule has 0 heterocycles. The van der Waals surface area contributed by atoms with Gasteiger partial charge < -0.3 is 10.2 Å². The van der Waals surface area contributed by atoms with Gasteiger partial charge in [0.1, 0.15) is 0 Å². The summed E-state index contributed by atoms with van der Waals surface area (Å²) in [5.74, 6) is 0. The lowest BCUT2D eigenvalue weighted by atomic mass is 10.6. The maximum atomic E-state index is 9.60. The van der Waals surface area contributed by atoms with E-state index < -0.39 is 16.2 Å². The van der Waals surface area contributed by atoms with E-state index in [0.29, 0.717) is 0 Å². The zero-order chi connectivity index (χ0) is 6.78. The van der Waals surface area contributed by atoms with Gasteiger partial charge in [-0.15, -0.1) is 0 Å². The third kappa shape index (κ3) is 1.73. The molecule has 1 unspecified atom stereocenters. The van der Waals surface area contributed by atoms with Gasteiger partial charge >= 0.3 is 4.63 Å². The van der Waals surface area contributed by atoms with Gasteiger partial charge in [0.15, 0.2) is 6.61 Å². The van der Waals surface area contributed by atoms with Crippen molar-refractivity contribution in [3.05, 3.63) is 10.1 Å². The van der Waals surface area contributed by atoms with Gasteiger partial charge in [-0.25, -0.2) is 0 Å². The molecule has 0 aliphatic carbocycles. The minimum atomic E-state index is -2.37. The molecule has 0 amide bonds. The van der Waals surface area contributed by atoms with Crippen LogP contribution in [0.4, 0.5) is 0 Å². The van der Waals surface area contributed by atoms with E-state index in [-0.39, 0.29) is 0 Å². The van der Waals surface area contributed by atoms with Gasteiger partial charge in [0.2, 0.25) is 0 Å². The number of hydrogen-bond acceptors (Lipinski definition) is 4. The van der Waals surface area contributed by atoms with Crippen LogP contribution in [0.5, 0.6) is 0 Å². The molecule has 0 aliphatic rings. The Kier molecular flexibility index (Phi) is 2.32. The van der Waals surface area contributed by atoms with Crippen molar-refractivity contribution in [2.45, 2.75) is 4.63 Å². The third-order valence-electron chi connectivity index (χ3n) is 0.481. The average Bonchev–Trinajstić information content (AvgIpc) is 1.67. The predicted octanol–water partition coefficient (Wildman–Crippen LogP) is -0.704. The summed E-state index contributed by atoms with van der Waals surface area (Å²) in [6.45, 7) is -0.944. The van der Waals surface area contributed by atoms with Gasteiger partial charge in [0.05, 0.1) is 4.92 Å². The monoisotopic (exact) mass is 185 g/mol. The quantitative estimate of drug-likeness (QED) is 0.196. The first-order chi connectivity index (χ1) is 3.50. The molecule has 48 valence electrons. The highest BCUT2D eigenvalue weighted by atomic mass is 79.9. The van der Waals surface area contributed by atoms with Crippen LogP contribution in [0.3, 0.4) is 0 Å². The van der Waals surface area contributed by atoms with Crippen LogP contribution < -0.4 is 0 Å². The molecular weight excluding hydrogens is 182 g/mol. The van der Waals surface area contributed by atoms with Crippen molar-refractivity contribution >= 4 is 15.9 Å². The van der Waals surface area contributed by atoms with Gasteiger partial charge in [0.25, 0.3) is 0 Å². The Labute approximate surface area is 53.2 Å². The predicted molar refractivity (Wildman–Crippen MR) is 28.0 cm³/mol. The van der Waals surface area contributed by atoms with Gasteiger partial charge in [0, 0.05) is 15.9 Å². The molecule has 0 fully saturated rings. The minimum absolute atomic E-state index is 0.944. The molecule has 0 aliphatic heterocycles. The summed E-state index contributed by atoms with van der Waals surface area (Å²) in [5, 5.41) is 26.0. The second-order valence-electron chi connectivity index (χ2n) is 1.13. The van der Waals surface area contributed by atoms with Gasteiger partial charge in [-0.3, -0.25) is 10.1 Å². The Bertz CT molecular complexity index is 102. The molecule has 2 N–H and O–H groups in total. The molecule has 0 aromatic rings. The normalized spacial score (nSPS) is 17.4. The van der Waals surface area contributed by atoms with E-state index in [1.165, 1.54) is 0 Å². The molecule has 0 saturated heterocycles. The summed E-state index contributed by atoms with van der Waals surface area (Å²) in [5.41, 5.74) is 0. The summed E-state index contributed by atoms with van der Waals surface area (Å²) in [4.78, 5) is 8.57. The Balaban J connectivity index is 3.91. The van der Waals surface area contributed by atoms with Crippen molar-refractivity contribution in [3.8, 4) is 0 Å². The number of rotatable bonds is 2. The molecule has 8 heavy (non-hydrogen) atoms. The first kappa shape index (κ1) is 7.80. The van der Waals surface area contributed by atoms with Crippen LogP contribution in [0.25, 0.3) is 0 Å². The molecule has 1 atom stereocenters. The van der Waals surface area contributed by atoms with Crippen LogP contribution in [0.2, 0.25) is 0 Å². The SMILES string of the molecule is O=[N+]([O-])C(O)(Br)CO. The second-order valence-corrected chi connectivity index (χ2v) is 2.40. The Morgan fingerprint density at radius 2 is 2.25 bits per heavy atom. The number of aliphatic hydroxyl groups is 2. The van der Waals surface area contributed by atoms with E-state index in [0.717, 1.165) is 0 Å². The van der Waals surface area contributed by atoms with E-state index in [1.54, 1.807) is 0 Å². The molecule has 0 aromatic carbocycles. The van der Waals surface area contributed by atoms with Gasteiger partial charge in [-0.2, -0.15) is 0 Å². The largest absolute Gasteiger partial charge is 0.400 e. The van der Waals surface area contributed by atoms with Crippen molar-refractivity contribution in [3.63, 3.8) is 0 Å². The number of hydrogen-bond donors (Lipinski definition) is 2. The lowest BCUT2D eigenvalue weighted by molar-refractivity contribution is -0.588. The molecule has 0 spiro atoms. The van der Waals surface area contributed by atoms with Crippen LogP contribution in [0.15, 0.2) is 0 Å². The lowest BCUT2D eigenvalue weighted by Gasteiger charge is -2.05. The van der Waals surface area contributed by atoms with Crippen LogP contribution >= 0.6 is 15.9 Å². The molecular formula is C2H4BrNO4. The Morgan fingerprint density at radius 3 is 2.25 bits per heavy atom. The molecule has 0 aromatic heterocycles. The van der Waals surface area contributed by atoms with Crippen molar-refractivity contribution in [2.75, 3.05) is 6.61 Å². The lowest BCUT2D eigenvalue weighted by Crippen LogP contribution is -2.34. The van der Waals surface area contributed by atoms with Gasteiger partial charge in [-0.1, -0.05) is 0 Å². The molecule has 0 bridgehead atoms. The fraction of sp³-hybridized carbons (Fsp3) is 1.00. The maximum absolute atomic E-state index is 9.60. The van der Waals surface area contributed by atoms with Crippen LogP contribution in [0, 0.1) is 10.1 Å². The highest BCUT2D eigenvalue weighted by molar-refractivity contribution is 9.09. The highest BCUT2D eigenvalue weighted by Gasteiger charge is 2.35. The average molecular weight is 186 g/mol. The number of aliphatic hydroxyl groups excluding tert-OH is 1. The van der Waals surface area contributed by atoms with Crippen LogP contribution in [0.1, 0.15) is 0 Å². The summed E-state index contributed by atoms with van der Waals surface area (Å²) in [6.07, 6.45) is 0. The maximum Gasteiger partial charge on any atom is 0.400 e. The number of nitrogens with zero attached hydrogens (tertiary/aromatic N) is 1. The van der Waals surface area contributed by atoms with E-state index >= 15 is 0 Å². The van der Waals surface area contributed by atoms with Crippen molar-refractivity contribution in [1.29, 1.82) is 0 Å². The number of alkyl halides is 1. The van der Waals surface area contributed by atoms with E-state index in [1.807, 2.05) is 0 Å². The van der Waals surface area contributed by atoms with E-state index in [2.05, 4.69) is 15.9 Å². The fourth-order valence-electron chi connectivity index (χ4n) is 0.0577. The van der Waals surface area contributed by atoms with E-state index in [9.17, 15) is 10.1 Å². The van der Waals surface area contributed by atoms with Crippen molar-refractivity contribution in [1.82, 2.24) is 0 Å². The van der Waals surface area contributed by atoms with Crippen LogP contribution in [-0.2, 0) is 0 Å². The van der Waals surface area contributed by atoms with Gasteiger partial charge in [-0.05, 0) is 0 Å². The van der Waals surface area contributed by atoms with Crippen LogP contribution in [-0.4, -0.2) is 26.4 Å². The molecule has 0 saturated carbocycles. The molecule has 0 radical (unpaired) electrons. The number of halogens is 1. The van der Waals surface area contributed by atoms with E-state index in [4.69, 9.17) is 10.2 Å².